The van der Waals surface area contributed by atoms with E-state index in [4.69, 9.17) is 4.74 Å². The Kier molecular flexibility index (Phi) is 5.86. The van der Waals surface area contributed by atoms with Gasteiger partial charge in [-0.05, 0) is 37.6 Å². The molecule has 31 heavy (non-hydrogen) atoms. The Morgan fingerprint density at radius 3 is 2.71 bits per heavy atom. The average molecular weight is 420 g/mol. The zero-order valence-corrected chi connectivity index (χ0v) is 17.8. The SMILES string of the molecule is COc1cc(-c2cc(NCCn3c(C)cc4c(C)ccc(F)c43)ncn2)ccc1CO. The largest absolute Gasteiger partial charge is 0.496 e. The van der Waals surface area contributed by atoms with Crippen molar-refractivity contribution in [1.82, 2.24) is 14.5 Å². The lowest BCUT2D eigenvalue weighted by atomic mass is 10.1. The van der Waals surface area contributed by atoms with E-state index in [1.54, 1.807) is 7.11 Å². The third-order valence-corrected chi connectivity index (χ3v) is 5.50. The molecule has 160 valence electrons. The summed E-state index contributed by atoms with van der Waals surface area (Å²) < 4.78 is 21.8. The summed E-state index contributed by atoms with van der Waals surface area (Å²) in [7, 11) is 1.57. The van der Waals surface area contributed by atoms with Crippen LogP contribution in [0.2, 0.25) is 0 Å². The summed E-state index contributed by atoms with van der Waals surface area (Å²) in [6, 6.07) is 12.8. The number of aliphatic hydroxyl groups excluding tert-OH is 1. The summed E-state index contributed by atoms with van der Waals surface area (Å²) in [4.78, 5) is 8.65. The van der Waals surface area contributed by atoms with E-state index in [9.17, 15) is 9.50 Å². The highest BCUT2D eigenvalue weighted by atomic mass is 19.1. The van der Waals surface area contributed by atoms with Crippen molar-refractivity contribution in [3.05, 3.63) is 71.4 Å². The highest BCUT2D eigenvalue weighted by Gasteiger charge is 2.12. The number of methoxy groups -OCH3 is 1. The van der Waals surface area contributed by atoms with Gasteiger partial charge in [-0.2, -0.15) is 0 Å². The van der Waals surface area contributed by atoms with Crippen molar-refractivity contribution in [3.8, 4) is 17.0 Å². The quantitative estimate of drug-likeness (QED) is 0.462. The second kappa shape index (κ2) is 8.73. The monoisotopic (exact) mass is 420 g/mol. The van der Waals surface area contributed by atoms with Crippen LogP contribution in [0.15, 0.2) is 48.8 Å². The Labute approximate surface area is 180 Å². The number of aryl methyl sites for hydroxylation is 2. The fourth-order valence-corrected chi connectivity index (χ4v) is 3.83. The molecular weight excluding hydrogens is 395 g/mol. The third-order valence-electron chi connectivity index (χ3n) is 5.50. The topological polar surface area (TPSA) is 72.2 Å². The first-order chi connectivity index (χ1) is 15.0. The van der Waals surface area contributed by atoms with Gasteiger partial charge in [0.25, 0.3) is 0 Å². The highest BCUT2D eigenvalue weighted by Crippen LogP contribution is 2.28. The Bertz CT molecular complexity index is 1240. The Hall–Kier alpha value is -3.45. The predicted octanol–water partition coefficient (Wildman–Crippen LogP) is 4.47. The maximum absolute atomic E-state index is 14.5. The van der Waals surface area contributed by atoms with Gasteiger partial charge in [-0.15, -0.1) is 0 Å². The maximum atomic E-state index is 14.5. The van der Waals surface area contributed by atoms with E-state index in [2.05, 4.69) is 15.3 Å². The molecule has 0 atom stereocenters. The number of nitrogens with zero attached hydrogens (tertiary/aromatic N) is 3. The minimum atomic E-state index is -0.210. The van der Waals surface area contributed by atoms with E-state index < -0.39 is 0 Å². The molecule has 0 bridgehead atoms. The van der Waals surface area contributed by atoms with Crippen molar-refractivity contribution < 1.29 is 14.2 Å². The van der Waals surface area contributed by atoms with Gasteiger partial charge in [0.15, 0.2) is 0 Å². The maximum Gasteiger partial charge on any atom is 0.147 e. The number of halogens is 1. The molecule has 0 fully saturated rings. The number of hydrogen-bond acceptors (Lipinski definition) is 5. The Morgan fingerprint density at radius 1 is 1.10 bits per heavy atom. The molecule has 0 aliphatic rings. The van der Waals surface area contributed by atoms with E-state index in [-0.39, 0.29) is 12.4 Å². The summed E-state index contributed by atoms with van der Waals surface area (Å²) >= 11 is 0. The number of aromatic nitrogens is 3. The van der Waals surface area contributed by atoms with Crippen molar-refractivity contribution >= 4 is 16.7 Å². The standard InChI is InChI=1S/C24H25FN4O2/c1-15-4-7-20(25)24-19(15)10-16(2)29(24)9-8-26-23-12-21(27-14-28-23)17-5-6-18(13-30)22(11-17)31-3/h4-7,10-12,14,30H,8-9,13H2,1-3H3,(H,26,27,28). The summed E-state index contributed by atoms with van der Waals surface area (Å²) in [6.07, 6.45) is 1.50. The molecule has 0 aliphatic heterocycles. The molecule has 4 rings (SSSR count). The van der Waals surface area contributed by atoms with Gasteiger partial charge in [-0.1, -0.05) is 18.2 Å². The zero-order valence-electron chi connectivity index (χ0n) is 17.8. The number of anilines is 1. The van der Waals surface area contributed by atoms with Crippen molar-refractivity contribution in [2.45, 2.75) is 27.0 Å². The molecule has 0 amide bonds. The third kappa shape index (κ3) is 4.09. The number of hydrogen-bond donors (Lipinski definition) is 2. The lowest BCUT2D eigenvalue weighted by Gasteiger charge is -2.12. The van der Waals surface area contributed by atoms with E-state index >= 15 is 0 Å². The molecule has 0 aliphatic carbocycles. The van der Waals surface area contributed by atoms with Gasteiger partial charge in [0.05, 0.1) is 24.9 Å². The lowest BCUT2D eigenvalue weighted by Crippen LogP contribution is -2.13. The van der Waals surface area contributed by atoms with Crippen LogP contribution < -0.4 is 10.1 Å². The number of rotatable bonds is 7. The van der Waals surface area contributed by atoms with Crippen LogP contribution in [-0.4, -0.2) is 33.3 Å². The smallest absolute Gasteiger partial charge is 0.147 e. The molecule has 7 heteroatoms. The average Bonchev–Trinajstić information content (AvgIpc) is 3.13. The van der Waals surface area contributed by atoms with Crippen LogP contribution in [0.4, 0.5) is 10.2 Å². The summed E-state index contributed by atoms with van der Waals surface area (Å²) in [5.74, 6) is 1.08. The van der Waals surface area contributed by atoms with Gasteiger partial charge in [-0.3, -0.25) is 0 Å². The van der Waals surface area contributed by atoms with Crippen molar-refractivity contribution in [1.29, 1.82) is 0 Å². The summed E-state index contributed by atoms with van der Waals surface area (Å²) in [5.41, 5.74) is 5.04. The second-order valence-corrected chi connectivity index (χ2v) is 7.46. The molecule has 2 heterocycles. The minimum Gasteiger partial charge on any atom is -0.496 e. The molecule has 2 N–H and O–H groups in total. The Morgan fingerprint density at radius 2 is 1.94 bits per heavy atom. The number of ether oxygens (including phenoxy) is 1. The van der Waals surface area contributed by atoms with Crippen LogP contribution in [0, 0.1) is 19.7 Å². The number of nitrogens with one attached hydrogen (secondary N) is 1. The molecule has 0 radical (unpaired) electrons. The summed E-state index contributed by atoms with van der Waals surface area (Å²) in [5, 5.41) is 13.7. The van der Waals surface area contributed by atoms with Gasteiger partial charge >= 0.3 is 0 Å². The van der Waals surface area contributed by atoms with Gasteiger partial charge in [0, 0.05) is 41.4 Å². The Balaban J connectivity index is 1.52. The molecular formula is C24H25FN4O2. The zero-order chi connectivity index (χ0) is 22.0. The van der Waals surface area contributed by atoms with Gasteiger partial charge < -0.3 is 19.7 Å². The van der Waals surface area contributed by atoms with Crippen LogP contribution in [0.1, 0.15) is 16.8 Å². The van der Waals surface area contributed by atoms with Crippen LogP contribution in [-0.2, 0) is 13.2 Å². The highest BCUT2D eigenvalue weighted by molar-refractivity contribution is 5.85. The van der Waals surface area contributed by atoms with E-state index in [0.717, 1.165) is 33.5 Å². The van der Waals surface area contributed by atoms with Crippen molar-refractivity contribution in [3.63, 3.8) is 0 Å². The normalized spacial score (nSPS) is 11.1. The predicted molar refractivity (Wildman–Crippen MR) is 120 cm³/mol. The fraction of sp³-hybridized carbons (Fsp3) is 0.250. The number of fused-ring (bicyclic) bond motifs is 1. The van der Waals surface area contributed by atoms with Gasteiger partial charge in [0.1, 0.15) is 23.7 Å². The molecule has 4 aromatic rings. The molecule has 2 aromatic heterocycles. The van der Waals surface area contributed by atoms with Crippen LogP contribution in [0.3, 0.4) is 0 Å². The van der Waals surface area contributed by atoms with Gasteiger partial charge in [-0.25, -0.2) is 14.4 Å². The van der Waals surface area contributed by atoms with Crippen molar-refractivity contribution in [2.24, 2.45) is 0 Å². The molecule has 0 unspecified atom stereocenters. The van der Waals surface area contributed by atoms with E-state index in [0.29, 0.717) is 30.2 Å². The van der Waals surface area contributed by atoms with Crippen molar-refractivity contribution in [2.75, 3.05) is 19.0 Å². The van der Waals surface area contributed by atoms with E-state index in [1.807, 2.05) is 54.8 Å². The molecule has 0 spiro atoms. The van der Waals surface area contributed by atoms with E-state index in [1.165, 1.54) is 12.4 Å². The fourth-order valence-electron chi connectivity index (χ4n) is 3.83. The first-order valence-corrected chi connectivity index (χ1v) is 10.1. The minimum absolute atomic E-state index is 0.0896. The molecule has 0 saturated carbocycles. The first kappa shape index (κ1) is 20.8. The second-order valence-electron chi connectivity index (χ2n) is 7.46. The first-order valence-electron chi connectivity index (χ1n) is 10.1. The number of aliphatic hydroxyl groups is 1. The lowest BCUT2D eigenvalue weighted by molar-refractivity contribution is 0.274. The summed E-state index contributed by atoms with van der Waals surface area (Å²) in [6.45, 7) is 5.09. The van der Waals surface area contributed by atoms with Gasteiger partial charge in [0.2, 0.25) is 0 Å². The molecule has 2 aromatic carbocycles. The molecule has 0 saturated heterocycles. The van der Waals surface area contributed by atoms with Crippen LogP contribution in [0.25, 0.3) is 22.2 Å². The van der Waals surface area contributed by atoms with Crippen LogP contribution in [0.5, 0.6) is 5.75 Å². The number of benzene rings is 2. The molecule has 6 nitrogen and oxygen atoms in total. The van der Waals surface area contributed by atoms with Crippen LogP contribution >= 0.6 is 0 Å².